The fourth-order valence-corrected chi connectivity index (χ4v) is 3.02. The molecule has 5 nitrogen and oxygen atoms in total. The summed E-state index contributed by atoms with van der Waals surface area (Å²) in [5, 5.41) is 6.90. The molecule has 1 aromatic carbocycles. The minimum absolute atomic E-state index is 0.123. The second-order valence-corrected chi connectivity index (χ2v) is 6.14. The molecule has 0 spiro atoms. The van der Waals surface area contributed by atoms with Crippen molar-refractivity contribution in [3.63, 3.8) is 0 Å². The number of anilines is 1. The second kappa shape index (κ2) is 6.70. The van der Waals surface area contributed by atoms with E-state index in [1.165, 1.54) is 11.3 Å². The van der Waals surface area contributed by atoms with Crippen LogP contribution in [0.4, 0.5) is 5.13 Å². The number of aromatic nitrogens is 1. The number of carbonyl (C=O) groups excluding carboxylic acids is 1. The summed E-state index contributed by atoms with van der Waals surface area (Å²) in [6.07, 6.45) is 3.94. The summed E-state index contributed by atoms with van der Waals surface area (Å²) in [7, 11) is 0. The Balaban J connectivity index is 1.60. The molecule has 0 saturated carbocycles. The van der Waals surface area contributed by atoms with Crippen LogP contribution >= 0.6 is 11.3 Å². The lowest BCUT2D eigenvalue weighted by Crippen LogP contribution is -2.27. The molecule has 0 radical (unpaired) electrons. The first-order chi connectivity index (χ1) is 10.7. The monoisotopic (exact) mass is 314 g/mol. The minimum atomic E-state index is 0.123. The predicted molar refractivity (Wildman–Crippen MR) is 89.6 cm³/mol. The molecule has 1 saturated heterocycles. The van der Waals surface area contributed by atoms with Crippen LogP contribution in [-0.2, 0) is 0 Å². The molecule has 1 fully saturated rings. The molecule has 2 aromatic rings. The summed E-state index contributed by atoms with van der Waals surface area (Å²) >= 11 is 1.52. The lowest BCUT2D eigenvalue weighted by atomic mass is 10.1. The molecule has 0 unspecified atom stereocenters. The first-order valence-corrected chi connectivity index (χ1v) is 8.21. The van der Waals surface area contributed by atoms with Gasteiger partial charge in [-0.3, -0.25) is 10.2 Å². The van der Waals surface area contributed by atoms with E-state index in [9.17, 15) is 4.79 Å². The maximum Gasteiger partial charge on any atom is 0.253 e. The largest absolute Gasteiger partial charge is 0.339 e. The number of amides is 1. The van der Waals surface area contributed by atoms with Crippen LogP contribution in [0.3, 0.4) is 0 Å². The van der Waals surface area contributed by atoms with Gasteiger partial charge in [0.15, 0.2) is 0 Å². The molecular formula is C16H18N4OS. The van der Waals surface area contributed by atoms with Crippen molar-refractivity contribution in [3.05, 3.63) is 46.5 Å². The van der Waals surface area contributed by atoms with Gasteiger partial charge in [-0.15, -0.1) is 11.3 Å². The molecule has 114 valence electrons. The van der Waals surface area contributed by atoms with E-state index in [0.29, 0.717) is 0 Å². The second-order valence-electron chi connectivity index (χ2n) is 5.29. The lowest BCUT2D eigenvalue weighted by molar-refractivity contribution is 0.0793. The SMILES string of the molecule is Cc1csc(NN=Cc2ccc(C(=O)N3CCCC3)cc2)n1. The molecule has 1 N–H and O–H groups in total. The van der Waals surface area contributed by atoms with Gasteiger partial charge in [0.1, 0.15) is 0 Å². The van der Waals surface area contributed by atoms with Gasteiger partial charge in [0.25, 0.3) is 5.91 Å². The van der Waals surface area contributed by atoms with Crippen LogP contribution in [-0.4, -0.2) is 35.1 Å². The average Bonchev–Trinajstić information content (AvgIpc) is 3.19. The number of hydrazone groups is 1. The molecule has 0 aliphatic carbocycles. The first kappa shape index (κ1) is 14.7. The zero-order valence-corrected chi connectivity index (χ0v) is 13.3. The highest BCUT2D eigenvalue weighted by Gasteiger charge is 2.18. The van der Waals surface area contributed by atoms with E-state index in [4.69, 9.17) is 0 Å². The molecule has 1 aliphatic heterocycles. The number of benzene rings is 1. The number of nitrogens with one attached hydrogen (secondary N) is 1. The van der Waals surface area contributed by atoms with Crippen molar-refractivity contribution in [2.45, 2.75) is 19.8 Å². The predicted octanol–water partition coefficient (Wildman–Crippen LogP) is 3.13. The summed E-state index contributed by atoms with van der Waals surface area (Å²) < 4.78 is 0. The molecule has 1 aromatic heterocycles. The van der Waals surface area contributed by atoms with Gasteiger partial charge < -0.3 is 4.90 Å². The fraction of sp³-hybridized carbons (Fsp3) is 0.312. The van der Waals surface area contributed by atoms with Crippen molar-refractivity contribution < 1.29 is 4.79 Å². The summed E-state index contributed by atoms with van der Waals surface area (Å²) in [5.74, 6) is 0.123. The number of rotatable bonds is 4. The highest BCUT2D eigenvalue weighted by Crippen LogP contribution is 2.15. The van der Waals surface area contributed by atoms with Crippen molar-refractivity contribution in [2.75, 3.05) is 18.5 Å². The Morgan fingerprint density at radius 3 is 2.68 bits per heavy atom. The van der Waals surface area contributed by atoms with Crippen molar-refractivity contribution in [2.24, 2.45) is 5.10 Å². The Hall–Kier alpha value is -2.21. The van der Waals surface area contributed by atoms with Crippen molar-refractivity contribution >= 4 is 28.6 Å². The van der Waals surface area contributed by atoms with Gasteiger partial charge in [-0.25, -0.2) is 4.98 Å². The Kier molecular flexibility index (Phi) is 4.48. The van der Waals surface area contributed by atoms with Crippen LogP contribution in [0.15, 0.2) is 34.7 Å². The maximum atomic E-state index is 12.2. The Morgan fingerprint density at radius 1 is 1.32 bits per heavy atom. The van der Waals surface area contributed by atoms with Gasteiger partial charge in [0, 0.05) is 24.0 Å². The molecule has 3 rings (SSSR count). The van der Waals surface area contributed by atoms with Gasteiger partial charge in [-0.1, -0.05) is 12.1 Å². The summed E-state index contributed by atoms with van der Waals surface area (Å²) in [6, 6.07) is 7.52. The van der Waals surface area contributed by atoms with Crippen molar-refractivity contribution in [1.82, 2.24) is 9.88 Å². The van der Waals surface area contributed by atoms with Gasteiger partial charge in [0.05, 0.1) is 11.9 Å². The normalized spacial score (nSPS) is 14.7. The number of likely N-dealkylation sites (tertiary alicyclic amines) is 1. The van der Waals surface area contributed by atoms with Gasteiger partial charge >= 0.3 is 0 Å². The van der Waals surface area contributed by atoms with Gasteiger partial charge in [0.2, 0.25) is 5.13 Å². The zero-order chi connectivity index (χ0) is 15.4. The van der Waals surface area contributed by atoms with Crippen LogP contribution in [0.5, 0.6) is 0 Å². The van der Waals surface area contributed by atoms with E-state index in [0.717, 1.165) is 47.9 Å². The van der Waals surface area contributed by atoms with Crippen molar-refractivity contribution in [1.29, 1.82) is 0 Å². The quantitative estimate of drug-likeness (QED) is 0.697. The molecule has 2 heterocycles. The lowest BCUT2D eigenvalue weighted by Gasteiger charge is -2.14. The van der Waals surface area contributed by atoms with Crippen LogP contribution in [0.2, 0.25) is 0 Å². The summed E-state index contributed by atoms with van der Waals surface area (Å²) in [4.78, 5) is 18.4. The number of nitrogens with zero attached hydrogens (tertiary/aromatic N) is 3. The number of carbonyl (C=O) groups is 1. The van der Waals surface area contributed by atoms with Crippen LogP contribution in [0.25, 0.3) is 0 Å². The molecule has 1 amide bonds. The highest BCUT2D eigenvalue weighted by atomic mass is 32.1. The molecule has 6 heteroatoms. The smallest absolute Gasteiger partial charge is 0.253 e. The summed E-state index contributed by atoms with van der Waals surface area (Å²) in [5.41, 5.74) is 5.56. The van der Waals surface area contributed by atoms with E-state index < -0.39 is 0 Å². The van der Waals surface area contributed by atoms with Crippen LogP contribution in [0, 0.1) is 6.92 Å². The third-order valence-electron chi connectivity index (χ3n) is 3.54. The number of hydrogen-bond donors (Lipinski definition) is 1. The number of hydrogen-bond acceptors (Lipinski definition) is 5. The minimum Gasteiger partial charge on any atom is -0.339 e. The maximum absolute atomic E-state index is 12.2. The molecule has 22 heavy (non-hydrogen) atoms. The fourth-order valence-electron chi connectivity index (χ4n) is 2.38. The van der Waals surface area contributed by atoms with Gasteiger partial charge in [-0.2, -0.15) is 5.10 Å². The third kappa shape index (κ3) is 3.51. The van der Waals surface area contributed by atoms with Gasteiger partial charge in [-0.05, 0) is 37.5 Å². The molecule has 1 aliphatic rings. The number of thiazole rings is 1. The highest BCUT2D eigenvalue weighted by molar-refractivity contribution is 7.13. The standard InChI is InChI=1S/C16H18N4OS/c1-12-11-22-16(18-12)19-17-10-13-4-6-14(7-5-13)15(21)20-8-2-3-9-20/h4-7,10-11H,2-3,8-9H2,1H3,(H,18,19). The average molecular weight is 314 g/mol. The summed E-state index contributed by atoms with van der Waals surface area (Å²) in [6.45, 7) is 3.69. The number of aryl methyl sites for hydroxylation is 1. The van der Waals surface area contributed by atoms with E-state index in [2.05, 4.69) is 15.5 Å². The van der Waals surface area contributed by atoms with E-state index >= 15 is 0 Å². The Labute approximate surface area is 133 Å². The van der Waals surface area contributed by atoms with E-state index in [-0.39, 0.29) is 5.91 Å². The molecule has 0 atom stereocenters. The molecular weight excluding hydrogens is 296 g/mol. The topological polar surface area (TPSA) is 57.6 Å². The van der Waals surface area contributed by atoms with E-state index in [1.54, 1.807) is 6.21 Å². The first-order valence-electron chi connectivity index (χ1n) is 7.33. The van der Waals surface area contributed by atoms with Crippen LogP contribution in [0.1, 0.15) is 34.5 Å². The van der Waals surface area contributed by atoms with Crippen LogP contribution < -0.4 is 5.43 Å². The third-order valence-corrected chi connectivity index (χ3v) is 4.41. The zero-order valence-electron chi connectivity index (χ0n) is 12.5. The molecule has 0 bridgehead atoms. The Bertz CT molecular complexity index is 672. The Morgan fingerprint density at radius 2 is 2.05 bits per heavy atom. The van der Waals surface area contributed by atoms with E-state index in [1.807, 2.05) is 41.5 Å². The van der Waals surface area contributed by atoms with Crippen molar-refractivity contribution in [3.8, 4) is 0 Å².